The molecule has 0 spiro atoms. The maximum atomic E-state index is 4.44. The number of hydrogen-bond donors (Lipinski definition) is 1. The molecule has 120 valence electrons. The summed E-state index contributed by atoms with van der Waals surface area (Å²) in [7, 11) is 0. The number of benzene rings is 1. The van der Waals surface area contributed by atoms with Gasteiger partial charge in [-0.05, 0) is 36.0 Å². The van der Waals surface area contributed by atoms with Crippen LogP contribution in [-0.2, 0) is 12.0 Å². The summed E-state index contributed by atoms with van der Waals surface area (Å²) in [5.41, 5.74) is 6.61. The molecule has 5 heteroatoms. The molecule has 3 aromatic rings. The molecule has 0 radical (unpaired) electrons. The fourth-order valence-electron chi connectivity index (χ4n) is 2.58. The normalized spacial score (nSPS) is 11.9. The molecular weight excluding hydrogens is 286 g/mol. The number of nitrogens with one attached hydrogen (secondary N) is 1. The highest BCUT2D eigenvalue weighted by molar-refractivity contribution is 5.71. The predicted octanol–water partition coefficient (Wildman–Crippen LogP) is 3.65. The molecule has 0 saturated carbocycles. The van der Waals surface area contributed by atoms with E-state index in [0.29, 0.717) is 0 Å². The van der Waals surface area contributed by atoms with E-state index in [1.807, 2.05) is 6.92 Å². The van der Waals surface area contributed by atoms with Crippen molar-refractivity contribution in [3.63, 3.8) is 0 Å². The lowest BCUT2D eigenvalue weighted by Crippen LogP contribution is -2.11. The van der Waals surface area contributed by atoms with Crippen molar-refractivity contribution in [2.45, 2.75) is 46.6 Å². The van der Waals surface area contributed by atoms with Gasteiger partial charge < -0.3 is 5.32 Å². The zero-order valence-electron chi connectivity index (χ0n) is 14.4. The van der Waals surface area contributed by atoms with Gasteiger partial charge in [-0.1, -0.05) is 45.0 Å². The topological polar surface area (TPSA) is 55.1 Å². The van der Waals surface area contributed by atoms with Gasteiger partial charge in [0, 0.05) is 6.54 Å². The number of aromatic nitrogens is 4. The fraction of sp³-hybridized carbons (Fsp3) is 0.389. The number of anilines is 1. The van der Waals surface area contributed by atoms with E-state index in [1.165, 1.54) is 11.1 Å². The molecule has 5 nitrogen and oxygen atoms in total. The number of fused-ring (bicyclic) bond motifs is 1. The van der Waals surface area contributed by atoms with E-state index in [1.54, 1.807) is 10.8 Å². The van der Waals surface area contributed by atoms with Crippen LogP contribution in [0.2, 0.25) is 0 Å². The van der Waals surface area contributed by atoms with Crippen molar-refractivity contribution in [2.75, 3.05) is 5.32 Å². The van der Waals surface area contributed by atoms with Crippen molar-refractivity contribution in [2.24, 2.45) is 0 Å². The second kappa shape index (κ2) is 5.65. The van der Waals surface area contributed by atoms with Gasteiger partial charge in [-0.2, -0.15) is 9.61 Å². The van der Waals surface area contributed by atoms with Crippen LogP contribution in [0.25, 0.3) is 5.65 Å². The van der Waals surface area contributed by atoms with Crippen molar-refractivity contribution in [3.05, 3.63) is 53.0 Å². The van der Waals surface area contributed by atoms with E-state index in [-0.39, 0.29) is 5.41 Å². The molecule has 0 fully saturated rings. The Labute approximate surface area is 136 Å². The minimum Gasteiger partial charge on any atom is -0.378 e. The first kappa shape index (κ1) is 15.5. The fourth-order valence-corrected chi connectivity index (χ4v) is 2.58. The highest BCUT2D eigenvalue weighted by Gasteiger charge is 2.14. The van der Waals surface area contributed by atoms with Crippen LogP contribution < -0.4 is 5.32 Å². The summed E-state index contributed by atoms with van der Waals surface area (Å²) in [6, 6.07) is 8.76. The smallest absolute Gasteiger partial charge is 0.200 e. The van der Waals surface area contributed by atoms with E-state index < -0.39 is 0 Å². The second-order valence-corrected chi connectivity index (χ2v) is 6.99. The van der Waals surface area contributed by atoms with E-state index in [0.717, 1.165) is 29.1 Å². The summed E-state index contributed by atoms with van der Waals surface area (Å²) in [4.78, 5) is 0. The van der Waals surface area contributed by atoms with Crippen molar-refractivity contribution in [1.29, 1.82) is 0 Å². The summed E-state index contributed by atoms with van der Waals surface area (Å²) in [5.74, 6) is 0. The van der Waals surface area contributed by atoms with Gasteiger partial charge in [-0.25, -0.2) is 0 Å². The molecule has 0 aliphatic rings. The molecule has 1 N–H and O–H groups in total. The van der Waals surface area contributed by atoms with Crippen LogP contribution in [0.5, 0.6) is 0 Å². The van der Waals surface area contributed by atoms with Gasteiger partial charge in [0.25, 0.3) is 0 Å². The van der Waals surface area contributed by atoms with Crippen molar-refractivity contribution >= 4 is 11.3 Å². The molecule has 0 aliphatic heterocycles. The first-order valence-electron chi connectivity index (χ1n) is 7.87. The average Bonchev–Trinajstić information content (AvgIpc) is 2.95. The minimum atomic E-state index is 0.179. The number of hydrogen-bond acceptors (Lipinski definition) is 4. The molecule has 3 rings (SSSR count). The third-order valence-corrected chi connectivity index (χ3v) is 4.22. The third-order valence-electron chi connectivity index (χ3n) is 4.22. The van der Waals surface area contributed by atoms with Crippen LogP contribution in [0, 0.1) is 13.8 Å². The standard InChI is InChI=1S/C18H23N5/c1-12-13(2)22-23-11-20-21-17(23)16(12)19-10-14-6-8-15(9-7-14)18(3,4)5/h6-9,11,19H,10H2,1-5H3. The Balaban J connectivity index is 1.84. The Hall–Kier alpha value is -2.43. The maximum absolute atomic E-state index is 4.44. The summed E-state index contributed by atoms with van der Waals surface area (Å²) >= 11 is 0. The lowest BCUT2D eigenvalue weighted by Gasteiger charge is -2.19. The molecule has 1 aromatic carbocycles. The van der Waals surface area contributed by atoms with Crippen LogP contribution in [0.4, 0.5) is 5.69 Å². The Kier molecular flexibility index (Phi) is 3.80. The van der Waals surface area contributed by atoms with Crippen LogP contribution >= 0.6 is 0 Å². The van der Waals surface area contributed by atoms with E-state index >= 15 is 0 Å². The average molecular weight is 309 g/mol. The van der Waals surface area contributed by atoms with Crippen LogP contribution in [-0.4, -0.2) is 19.8 Å². The number of aryl methyl sites for hydroxylation is 1. The molecule has 2 aromatic heterocycles. The van der Waals surface area contributed by atoms with Crippen molar-refractivity contribution in [3.8, 4) is 0 Å². The monoisotopic (exact) mass is 309 g/mol. The SMILES string of the molecule is Cc1nn2cnnc2c(NCc2ccc(C(C)(C)C)cc2)c1C. The lowest BCUT2D eigenvalue weighted by molar-refractivity contribution is 0.590. The molecule has 0 saturated heterocycles. The van der Waals surface area contributed by atoms with E-state index in [2.05, 4.69) is 72.6 Å². The largest absolute Gasteiger partial charge is 0.378 e. The Morgan fingerprint density at radius 1 is 1.09 bits per heavy atom. The first-order valence-corrected chi connectivity index (χ1v) is 7.87. The Morgan fingerprint density at radius 2 is 1.78 bits per heavy atom. The van der Waals surface area contributed by atoms with Crippen molar-refractivity contribution in [1.82, 2.24) is 19.8 Å². The van der Waals surface area contributed by atoms with Gasteiger partial charge >= 0.3 is 0 Å². The van der Waals surface area contributed by atoms with Crippen molar-refractivity contribution < 1.29 is 0 Å². The van der Waals surface area contributed by atoms with Gasteiger partial charge in [0.15, 0.2) is 0 Å². The zero-order valence-corrected chi connectivity index (χ0v) is 14.4. The second-order valence-electron chi connectivity index (χ2n) is 6.99. The minimum absolute atomic E-state index is 0.179. The molecule has 0 unspecified atom stereocenters. The van der Waals surface area contributed by atoms with E-state index in [9.17, 15) is 0 Å². The molecule has 0 amide bonds. The summed E-state index contributed by atoms with van der Waals surface area (Å²) < 4.78 is 1.72. The quantitative estimate of drug-likeness (QED) is 0.802. The summed E-state index contributed by atoms with van der Waals surface area (Å²) in [6.45, 7) is 11.5. The number of nitrogens with zero attached hydrogens (tertiary/aromatic N) is 4. The molecule has 2 heterocycles. The Morgan fingerprint density at radius 3 is 2.43 bits per heavy atom. The predicted molar refractivity (Wildman–Crippen MR) is 92.7 cm³/mol. The van der Waals surface area contributed by atoms with Gasteiger partial charge in [0.2, 0.25) is 5.65 Å². The van der Waals surface area contributed by atoms with Gasteiger partial charge in [-0.3, -0.25) is 0 Å². The number of rotatable bonds is 3. The van der Waals surface area contributed by atoms with Crippen LogP contribution in [0.15, 0.2) is 30.6 Å². The first-order chi connectivity index (χ1) is 10.9. The van der Waals surface area contributed by atoms with Gasteiger partial charge in [0.1, 0.15) is 6.33 Å². The van der Waals surface area contributed by atoms with E-state index in [4.69, 9.17) is 0 Å². The van der Waals surface area contributed by atoms with Crippen LogP contribution in [0.1, 0.15) is 43.2 Å². The molecule has 23 heavy (non-hydrogen) atoms. The Bertz CT molecular complexity index is 825. The molecular formula is C18H23N5. The summed E-state index contributed by atoms with van der Waals surface area (Å²) in [5, 5.41) is 16.1. The van der Waals surface area contributed by atoms with Gasteiger partial charge in [-0.15, -0.1) is 10.2 Å². The maximum Gasteiger partial charge on any atom is 0.200 e. The van der Waals surface area contributed by atoms with Gasteiger partial charge in [0.05, 0.1) is 11.4 Å². The van der Waals surface area contributed by atoms with Crippen LogP contribution in [0.3, 0.4) is 0 Å². The summed E-state index contributed by atoms with van der Waals surface area (Å²) in [6.07, 6.45) is 1.63. The highest BCUT2D eigenvalue weighted by atomic mass is 15.3. The highest BCUT2D eigenvalue weighted by Crippen LogP contribution is 2.24. The lowest BCUT2D eigenvalue weighted by atomic mass is 9.87. The molecule has 0 atom stereocenters. The third kappa shape index (κ3) is 3.04. The molecule has 0 bridgehead atoms. The molecule has 0 aliphatic carbocycles. The zero-order chi connectivity index (χ0) is 16.6.